The zero-order valence-electron chi connectivity index (χ0n) is 14.3. The minimum atomic E-state index is -0.211. The Morgan fingerprint density at radius 1 is 1.04 bits per heavy atom. The van der Waals surface area contributed by atoms with Crippen molar-refractivity contribution >= 4 is 5.91 Å². The first-order valence-corrected chi connectivity index (χ1v) is 8.77. The molecule has 3 aromatic rings. The Labute approximate surface area is 151 Å². The molecular weight excluding hydrogens is 331 g/mol. The number of likely N-dealkylation sites (tertiary alicyclic amines) is 1. The number of amides is 1. The van der Waals surface area contributed by atoms with Gasteiger partial charge in [0.05, 0.1) is 0 Å². The molecule has 1 aliphatic heterocycles. The van der Waals surface area contributed by atoms with Gasteiger partial charge in [0.2, 0.25) is 0 Å². The number of hydrogen-bond acceptors (Lipinski definition) is 3. The summed E-state index contributed by atoms with van der Waals surface area (Å²) in [6.45, 7) is 1.26. The van der Waals surface area contributed by atoms with Crippen LogP contribution in [0.2, 0.25) is 0 Å². The molecule has 0 radical (unpaired) electrons. The molecule has 0 spiro atoms. The summed E-state index contributed by atoms with van der Waals surface area (Å²) in [5.74, 6) is 0.543. The highest BCUT2D eigenvalue weighted by atomic mass is 19.1. The topological polar surface area (TPSA) is 46.3 Å². The second kappa shape index (κ2) is 7.12. The minimum absolute atomic E-state index is 0.117. The average molecular weight is 350 g/mol. The molecule has 0 saturated carbocycles. The van der Waals surface area contributed by atoms with Gasteiger partial charge in [-0.3, -0.25) is 4.79 Å². The van der Waals surface area contributed by atoms with E-state index in [1.54, 1.807) is 23.1 Å². The first-order valence-electron chi connectivity index (χ1n) is 8.77. The van der Waals surface area contributed by atoms with Crippen molar-refractivity contribution in [2.45, 2.75) is 18.8 Å². The third-order valence-electron chi connectivity index (χ3n) is 4.89. The summed E-state index contributed by atoms with van der Waals surface area (Å²) in [7, 11) is 0. The third-order valence-corrected chi connectivity index (χ3v) is 4.89. The van der Waals surface area contributed by atoms with Crippen LogP contribution >= 0.6 is 0 Å². The fourth-order valence-electron chi connectivity index (χ4n) is 3.45. The van der Waals surface area contributed by atoms with Crippen LogP contribution in [-0.4, -0.2) is 29.1 Å². The Morgan fingerprint density at radius 2 is 1.81 bits per heavy atom. The average Bonchev–Trinajstić information content (AvgIpc) is 3.18. The van der Waals surface area contributed by atoms with Crippen LogP contribution in [0.4, 0.5) is 4.39 Å². The summed E-state index contributed by atoms with van der Waals surface area (Å²) < 4.78 is 18.7. The predicted octanol–water partition coefficient (Wildman–Crippen LogP) is 4.50. The molecule has 0 aliphatic carbocycles. The lowest BCUT2D eigenvalue weighted by Crippen LogP contribution is -2.38. The van der Waals surface area contributed by atoms with Crippen molar-refractivity contribution in [3.63, 3.8) is 0 Å². The van der Waals surface area contributed by atoms with Crippen molar-refractivity contribution in [3.05, 3.63) is 77.7 Å². The summed E-state index contributed by atoms with van der Waals surface area (Å²) in [5, 5.41) is 3.94. The molecule has 1 aliphatic rings. The Hall–Kier alpha value is -2.95. The molecule has 1 aromatic heterocycles. The number of carbonyl (C=O) groups is 1. The van der Waals surface area contributed by atoms with E-state index in [0.29, 0.717) is 24.5 Å². The van der Waals surface area contributed by atoms with E-state index in [-0.39, 0.29) is 17.6 Å². The maximum absolute atomic E-state index is 13.4. The van der Waals surface area contributed by atoms with Gasteiger partial charge in [0.25, 0.3) is 5.91 Å². The molecule has 1 fully saturated rings. The van der Waals surface area contributed by atoms with Gasteiger partial charge < -0.3 is 9.42 Å². The normalized spacial score (nSPS) is 15.2. The maximum Gasteiger partial charge on any atom is 0.276 e. The second-order valence-electron chi connectivity index (χ2n) is 6.56. The zero-order valence-corrected chi connectivity index (χ0v) is 14.3. The van der Waals surface area contributed by atoms with E-state index in [4.69, 9.17) is 4.52 Å². The van der Waals surface area contributed by atoms with E-state index in [9.17, 15) is 9.18 Å². The molecule has 0 bridgehead atoms. The number of rotatable bonds is 3. The Morgan fingerprint density at radius 3 is 2.54 bits per heavy atom. The number of nitrogens with zero attached hydrogens (tertiary/aromatic N) is 2. The Bertz CT molecular complexity index is 899. The molecule has 0 unspecified atom stereocenters. The SMILES string of the molecule is O=C(c1cc(-c2ccccc2)on1)N1CCC(c2cccc(F)c2)CC1. The monoisotopic (exact) mass is 350 g/mol. The van der Waals surface area contributed by atoms with Crippen LogP contribution in [0.3, 0.4) is 0 Å². The fraction of sp³-hybridized carbons (Fsp3) is 0.238. The highest BCUT2D eigenvalue weighted by Gasteiger charge is 2.26. The van der Waals surface area contributed by atoms with E-state index in [0.717, 1.165) is 24.0 Å². The molecule has 2 heterocycles. The fourth-order valence-corrected chi connectivity index (χ4v) is 3.45. The van der Waals surface area contributed by atoms with Crippen LogP contribution in [0, 0.1) is 5.82 Å². The van der Waals surface area contributed by atoms with E-state index in [1.165, 1.54) is 6.07 Å². The lowest BCUT2D eigenvalue weighted by Gasteiger charge is -2.31. The Kier molecular flexibility index (Phi) is 4.52. The van der Waals surface area contributed by atoms with Gasteiger partial charge in [-0.05, 0) is 36.5 Å². The second-order valence-corrected chi connectivity index (χ2v) is 6.56. The molecular formula is C21H19FN2O2. The molecule has 1 amide bonds. The van der Waals surface area contributed by atoms with Crippen molar-refractivity contribution in [2.75, 3.05) is 13.1 Å². The summed E-state index contributed by atoms with van der Waals surface area (Å²) in [4.78, 5) is 14.5. The number of halogens is 1. The zero-order chi connectivity index (χ0) is 17.9. The Balaban J connectivity index is 1.42. The highest BCUT2D eigenvalue weighted by molar-refractivity contribution is 5.93. The minimum Gasteiger partial charge on any atom is -0.355 e. The van der Waals surface area contributed by atoms with E-state index >= 15 is 0 Å². The number of carbonyl (C=O) groups excluding carboxylic acids is 1. The summed E-state index contributed by atoms with van der Waals surface area (Å²) in [5.41, 5.74) is 2.22. The van der Waals surface area contributed by atoms with Gasteiger partial charge in [0.1, 0.15) is 5.82 Å². The summed E-state index contributed by atoms with van der Waals surface area (Å²) >= 11 is 0. The molecule has 5 heteroatoms. The van der Waals surface area contributed by atoms with Crippen molar-refractivity contribution < 1.29 is 13.7 Å². The van der Waals surface area contributed by atoms with Crippen LogP contribution < -0.4 is 0 Å². The first kappa shape index (κ1) is 16.5. The lowest BCUT2D eigenvalue weighted by atomic mass is 9.89. The largest absolute Gasteiger partial charge is 0.355 e. The smallest absolute Gasteiger partial charge is 0.276 e. The van der Waals surface area contributed by atoms with E-state index in [1.807, 2.05) is 36.4 Å². The van der Waals surface area contributed by atoms with Crippen LogP contribution in [0.15, 0.2) is 65.2 Å². The van der Waals surface area contributed by atoms with Crippen LogP contribution in [0.5, 0.6) is 0 Å². The molecule has 2 aromatic carbocycles. The van der Waals surface area contributed by atoms with Gasteiger partial charge in [-0.1, -0.05) is 47.6 Å². The van der Waals surface area contributed by atoms with Gasteiger partial charge >= 0.3 is 0 Å². The van der Waals surface area contributed by atoms with Crippen molar-refractivity contribution in [2.24, 2.45) is 0 Å². The highest BCUT2D eigenvalue weighted by Crippen LogP contribution is 2.29. The van der Waals surface area contributed by atoms with Crippen LogP contribution in [0.25, 0.3) is 11.3 Å². The van der Waals surface area contributed by atoms with Crippen molar-refractivity contribution in [1.29, 1.82) is 0 Å². The molecule has 1 saturated heterocycles. The maximum atomic E-state index is 13.4. The summed E-state index contributed by atoms with van der Waals surface area (Å²) in [6, 6.07) is 18.0. The van der Waals surface area contributed by atoms with Crippen molar-refractivity contribution in [3.8, 4) is 11.3 Å². The summed E-state index contributed by atoms with van der Waals surface area (Å²) in [6.07, 6.45) is 1.64. The number of aromatic nitrogens is 1. The van der Waals surface area contributed by atoms with Gasteiger partial charge in [0.15, 0.2) is 11.5 Å². The van der Waals surface area contributed by atoms with Gasteiger partial charge in [-0.15, -0.1) is 0 Å². The molecule has 0 N–H and O–H groups in total. The van der Waals surface area contributed by atoms with Gasteiger partial charge in [-0.2, -0.15) is 0 Å². The number of hydrogen-bond donors (Lipinski definition) is 0. The molecule has 4 rings (SSSR count). The standard InChI is InChI=1S/C21H19FN2O2/c22-18-8-4-7-17(13-18)15-9-11-24(12-10-15)21(25)19-14-20(26-23-19)16-5-2-1-3-6-16/h1-8,13-15H,9-12H2. The number of benzene rings is 2. The molecule has 132 valence electrons. The predicted molar refractivity (Wildman–Crippen MR) is 96.2 cm³/mol. The van der Waals surface area contributed by atoms with Crippen LogP contribution in [0.1, 0.15) is 34.8 Å². The van der Waals surface area contributed by atoms with E-state index < -0.39 is 0 Å². The van der Waals surface area contributed by atoms with E-state index in [2.05, 4.69) is 5.16 Å². The van der Waals surface area contributed by atoms with Crippen molar-refractivity contribution in [1.82, 2.24) is 10.1 Å². The van der Waals surface area contributed by atoms with Crippen LogP contribution in [-0.2, 0) is 0 Å². The molecule has 0 atom stereocenters. The first-order chi connectivity index (χ1) is 12.7. The van der Waals surface area contributed by atoms with Gasteiger partial charge in [-0.25, -0.2) is 4.39 Å². The molecule has 4 nitrogen and oxygen atoms in total. The lowest BCUT2D eigenvalue weighted by molar-refractivity contribution is 0.0702. The third kappa shape index (κ3) is 3.38. The van der Waals surface area contributed by atoms with Gasteiger partial charge in [0, 0.05) is 24.7 Å². The molecule has 26 heavy (non-hydrogen) atoms. The quantitative estimate of drug-likeness (QED) is 0.699. The number of piperidine rings is 1.